The van der Waals surface area contributed by atoms with E-state index in [1.54, 1.807) is 0 Å². The van der Waals surface area contributed by atoms with Crippen molar-refractivity contribution >= 4 is 48.3 Å². The number of nitrogens with zero attached hydrogens (tertiary/aromatic N) is 7. The molecular weight excluding hydrogens is 700 g/mol. The number of aromatic amines is 2. The molecule has 0 atom stereocenters. The molecule has 248 valence electrons. The summed E-state index contributed by atoms with van der Waals surface area (Å²) < 4.78 is 7.57. The molecule has 0 amide bonds. The Morgan fingerprint density at radius 3 is 1.37 bits per heavy atom. The van der Waals surface area contributed by atoms with E-state index in [4.69, 9.17) is 33.5 Å². The fraction of sp³-hybridized carbons (Fsp3) is 0.0732. The third-order valence-electron chi connectivity index (χ3n) is 8.80. The van der Waals surface area contributed by atoms with E-state index >= 15 is 0 Å². The molecule has 0 saturated carbocycles. The fourth-order valence-corrected chi connectivity index (χ4v) is 9.18. The Kier molecular flexibility index (Phi) is 8.07. The molecule has 8 aromatic rings. The minimum atomic E-state index is -1.75. The van der Waals surface area contributed by atoms with Crippen molar-refractivity contribution in [3.05, 3.63) is 121 Å². The van der Waals surface area contributed by atoms with Crippen LogP contribution in [0.2, 0.25) is 0 Å². The van der Waals surface area contributed by atoms with Crippen LogP contribution in [-0.2, 0) is 17.5 Å². The third-order valence-corrected chi connectivity index (χ3v) is 11.7. The van der Waals surface area contributed by atoms with Crippen molar-refractivity contribution in [1.29, 1.82) is 0 Å². The van der Waals surface area contributed by atoms with E-state index in [0.29, 0.717) is 45.9 Å². The minimum absolute atomic E-state index is 0.581. The monoisotopic (exact) mass is 729 g/mol. The predicted octanol–water partition coefficient (Wildman–Crippen LogP) is 7.75. The van der Waals surface area contributed by atoms with Crippen LogP contribution in [0.5, 0.6) is 5.75 Å². The number of hydrogen-bond acceptors (Lipinski definition) is 8. The zero-order valence-electron chi connectivity index (χ0n) is 28.8. The van der Waals surface area contributed by atoms with Gasteiger partial charge >= 0.3 is 276 Å². The average molecular weight is 731 g/mol. The maximum absolute atomic E-state index is 6.41. The van der Waals surface area contributed by atoms with E-state index in [9.17, 15) is 0 Å². The molecular formula is C41H31N9OZn. The van der Waals surface area contributed by atoms with Crippen LogP contribution in [0.15, 0.2) is 121 Å². The Balaban J connectivity index is 0.000000859. The van der Waals surface area contributed by atoms with Crippen LogP contribution in [0.25, 0.3) is 89.7 Å². The first-order valence-corrected chi connectivity index (χ1v) is 19.7. The van der Waals surface area contributed by atoms with Gasteiger partial charge in [0.25, 0.3) is 0 Å². The Bertz CT molecular complexity index is 2800. The van der Waals surface area contributed by atoms with Crippen molar-refractivity contribution in [2.75, 3.05) is 21.1 Å². The number of para-hydroxylation sites is 1. The summed E-state index contributed by atoms with van der Waals surface area (Å²) in [5, 5.41) is 3.83. The van der Waals surface area contributed by atoms with E-state index in [1.807, 2.05) is 129 Å². The molecule has 10 nitrogen and oxygen atoms in total. The molecule has 0 unspecified atom stereocenters. The van der Waals surface area contributed by atoms with Gasteiger partial charge in [-0.3, -0.25) is 0 Å². The molecule has 0 spiro atoms. The van der Waals surface area contributed by atoms with Crippen LogP contribution in [0.3, 0.4) is 0 Å². The number of rotatable bonds is 3. The topological polar surface area (TPSA) is 121 Å². The molecule has 2 aliphatic heterocycles. The molecule has 5 heterocycles. The van der Waals surface area contributed by atoms with E-state index in [-0.39, 0.29) is 0 Å². The Morgan fingerprint density at radius 2 is 0.846 bits per heavy atom. The molecule has 0 aliphatic carbocycles. The number of H-pyrrole nitrogens is 2. The Hall–Kier alpha value is -6.16. The summed E-state index contributed by atoms with van der Waals surface area (Å²) in [4.78, 5) is 39.6. The van der Waals surface area contributed by atoms with Crippen LogP contribution in [-0.4, -0.2) is 65.9 Å². The van der Waals surface area contributed by atoms with Crippen molar-refractivity contribution < 1.29 is 21.1 Å². The average Bonchev–Trinajstić information content (AvgIpc) is 3.90. The van der Waals surface area contributed by atoms with Gasteiger partial charge in [-0.15, -0.1) is 0 Å². The van der Waals surface area contributed by atoms with E-state index < -0.39 is 17.5 Å². The molecule has 10 rings (SSSR count). The van der Waals surface area contributed by atoms with Crippen molar-refractivity contribution in [3.8, 4) is 51.3 Å². The second kappa shape index (κ2) is 13.2. The molecule has 52 heavy (non-hydrogen) atoms. The quantitative estimate of drug-likeness (QED) is 0.177. The summed E-state index contributed by atoms with van der Waals surface area (Å²) >= 11 is -1.75. The molecule has 8 bridgehead atoms. The van der Waals surface area contributed by atoms with Gasteiger partial charge in [0.05, 0.1) is 0 Å². The van der Waals surface area contributed by atoms with Crippen LogP contribution >= 0.6 is 0 Å². The number of nitrogens with one attached hydrogen (secondary N) is 2. The van der Waals surface area contributed by atoms with E-state index in [2.05, 4.69) is 28.2 Å². The van der Waals surface area contributed by atoms with Gasteiger partial charge in [0, 0.05) is 0 Å². The van der Waals surface area contributed by atoms with Crippen molar-refractivity contribution in [1.82, 2.24) is 44.8 Å². The zero-order chi connectivity index (χ0) is 35.2. The molecule has 0 radical (unpaired) electrons. The fourth-order valence-electron chi connectivity index (χ4n) is 6.56. The summed E-state index contributed by atoms with van der Waals surface area (Å²) in [6.07, 6.45) is 0. The van der Waals surface area contributed by atoms with Gasteiger partial charge in [-0.25, -0.2) is 0 Å². The molecule has 2 N–H and O–H groups in total. The third kappa shape index (κ3) is 5.80. The first-order valence-electron chi connectivity index (χ1n) is 17.0. The first-order chi connectivity index (χ1) is 25.5. The standard InChI is InChI=1S/C32H17N8.C6H6O.C3H9N.Zn/c1-2-10-18-17(9-1)25-33-26(18)38-28-21-13-5-6-14-22(21)30(35-28)40-32-24-16-8-7-15-23(24)31(36-32)39-29-20-12-4-3-11-19(20)27(34-29)37-25;7-6-4-2-1-3-5-6;1-4(2)3;/h1-15H,(H2,33,34,35,36,37,38,39,40);1-5,7H;1-3H3;/q;;;+1/p-1. The van der Waals surface area contributed by atoms with E-state index in [0.717, 1.165) is 53.7 Å². The van der Waals surface area contributed by atoms with Crippen LogP contribution in [0.4, 0.5) is 0 Å². The molecule has 0 saturated heterocycles. The summed E-state index contributed by atoms with van der Waals surface area (Å²) in [5.74, 6) is 3.20. The Morgan fingerprint density at radius 1 is 0.442 bits per heavy atom. The number of fused-ring (bicyclic) bond motifs is 20. The summed E-state index contributed by atoms with van der Waals surface area (Å²) in [7, 11) is 6.00. The summed E-state index contributed by atoms with van der Waals surface area (Å²) in [5.41, 5.74) is 6.35. The number of benzene rings is 5. The first kappa shape index (κ1) is 31.8. The molecule has 3 aromatic heterocycles. The van der Waals surface area contributed by atoms with Crippen molar-refractivity contribution in [2.24, 2.45) is 0 Å². The number of hydrogen-bond donors (Lipinski definition) is 2. The molecule has 11 heteroatoms. The summed E-state index contributed by atoms with van der Waals surface area (Å²) in [6.45, 7) is 0. The maximum atomic E-state index is 6.41. The van der Waals surface area contributed by atoms with Crippen LogP contribution < -0.4 is 7.72 Å². The SMILES string of the molecule is CN(C)C.c1ccc([O][Zn][c]2cccc3c4nc5nc(nc6[nH]c(nc7nc(nc([nH]4)c23)-c2ccccc2-7)c2ccccc62)-c2ccccc2-5)cc1. The number of aromatic nitrogens is 8. The van der Waals surface area contributed by atoms with Gasteiger partial charge in [-0.1, -0.05) is 6.07 Å². The molecule has 5 aromatic carbocycles. The van der Waals surface area contributed by atoms with Gasteiger partial charge in [0.2, 0.25) is 0 Å². The molecule has 0 fully saturated rings. The van der Waals surface area contributed by atoms with Gasteiger partial charge in [-0.2, -0.15) is 0 Å². The van der Waals surface area contributed by atoms with Gasteiger partial charge in [0.1, 0.15) is 0 Å². The van der Waals surface area contributed by atoms with Crippen LogP contribution in [0.1, 0.15) is 0 Å². The van der Waals surface area contributed by atoms with Crippen molar-refractivity contribution in [3.63, 3.8) is 0 Å². The molecule has 2 aliphatic rings. The Labute approximate surface area is 306 Å². The van der Waals surface area contributed by atoms with Gasteiger partial charge in [-0.05, 0) is 21.1 Å². The second-order valence-corrected chi connectivity index (χ2v) is 15.8. The summed E-state index contributed by atoms with van der Waals surface area (Å²) in [6, 6.07) is 40.5. The van der Waals surface area contributed by atoms with Crippen LogP contribution in [0, 0.1) is 0 Å². The van der Waals surface area contributed by atoms with E-state index in [1.165, 1.54) is 0 Å². The van der Waals surface area contributed by atoms with Gasteiger partial charge in [0.15, 0.2) is 0 Å². The normalized spacial score (nSPS) is 11.5. The zero-order valence-corrected chi connectivity index (χ0v) is 31.8. The van der Waals surface area contributed by atoms with Crippen molar-refractivity contribution in [2.45, 2.75) is 0 Å². The second-order valence-electron chi connectivity index (χ2n) is 13.0. The van der Waals surface area contributed by atoms with Gasteiger partial charge < -0.3 is 4.90 Å². The predicted molar refractivity (Wildman–Crippen MR) is 202 cm³/mol.